The minimum atomic E-state index is -0.783. The van der Waals surface area contributed by atoms with E-state index in [0.29, 0.717) is 18.0 Å². The van der Waals surface area contributed by atoms with Gasteiger partial charge in [-0.15, -0.1) is 0 Å². The second-order valence-corrected chi connectivity index (χ2v) is 4.81. The zero-order valence-corrected chi connectivity index (χ0v) is 12.0. The molecule has 2 N–H and O–H groups in total. The topological polar surface area (TPSA) is 58.2 Å². The van der Waals surface area contributed by atoms with Gasteiger partial charge in [-0.05, 0) is 30.7 Å². The fourth-order valence-corrected chi connectivity index (χ4v) is 1.81. The summed E-state index contributed by atoms with van der Waals surface area (Å²) in [6.07, 6.45) is 0.339. The number of carbonyl (C=O) groups excluding carboxylic acids is 2. The molecule has 1 atom stereocenters. The highest BCUT2D eigenvalue weighted by atomic mass is 16.2. The fourth-order valence-electron chi connectivity index (χ4n) is 1.81. The number of Topliss-reactive ketones (excluding diaryl/α,β-unsaturated/α-hetero) is 1. The first-order chi connectivity index (χ1) is 8.99. The number of anilines is 1. The normalized spacial score (nSPS) is 12.3. The molecule has 0 spiro atoms. The molecule has 1 aromatic rings. The summed E-state index contributed by atoms with van der Waals surface area (Å²) in [6.45, 7) is 5.98. The van der Waals surface area contributed by atoms with Crippen LogP contribution in [0.1, 0.15) is 38.7 Å². The maximum absolute atomic E-state index is 12.0. The van der Waals surface area contributed by atoms with E-state index in [1.54, 1.807) is 14.0 Å². The molecular weight excluding hydrogens is 240 g/mol. The Morgan fingerprint density at radius 3 is 2.16 bits per heavy atom. The summed E-state index contributed by atoms with van der Waals surface area (Å²) in [5.74, 6) is 0.0296. The van der Waals surface area contributed by atoms with Crippen LogP contribution in [-0.4, -0.2) is 24.8 Å². The molecule has 1 aromatic carbocycles. The van der Waals surface area contributed by atoms with Gasteiger partial charge < -0.3 is 10.6 Å². The number of nitrogens with one attached hydrogen (secondary N) is 2. The van der Waals surface area contributed by atoms with Gasteiger partial charge in [0, 0.05) is 12.1 Å². The third-order valence-electron chi connectivity index (χ3n) is 3.07. The summed E-state index contributed by atoms with van der Waals surface area (Å²) in [6, 6.07) is 6.90. The molecule has 104 valence electrons. The SMILES string of the molecule is CCC(=O)C(NC)C(=O)Nc1ccc(C(C)C)cc1. The average Bonchev–Trinajstić information content (AvgIpc) is 2.39. The van der Waals surface area contributed by atoms with Gasteiger partial charge in [-0.3, -0.25) is 9.59 Å². The third kappa shape index (κ3) is 4.17. The third-order valence-corrected chi connectivity index (χ3v) is 3.07. The molecule has 0 radical (unpaired) electrons. The van der Waals surface area contributed by atoms with Crippen molar-refractivity contribution in [2.45, 2.75) is 39.2 Å². The molecule has 0 aliphatic heterocycles. The molecule has 0 aliphatic carbocycles. The lowest BCUT2D eigenvalue weighted by atomic mass is 10.0. The molecule has 19 heavy (non-hydrogen) atoms. The zero-order chi connectivity index (χ0) is 14.4. The number of likely N-dealkylation sites (N-methyl/N-ethyl adjacent to an activating group) is 1. The Kier molecular flexibility index (Phi) is 5.70. The predicted octanol–water partition coefficient (Wildman–Crippen LogP) is 2.32. The second kappa shape index (κ2) is 7.04. The highest BCUT2D eigenvalue weighted by molar-refractivity contribution is 6.10. The smallest absolute Gasteiger partial charge is 0.249 e. The van der Waals surface area contributed by atoms with Gasteiger partial charge in [0.25, 0.3) is 0 Å². The lowest BCUT2D eigenvalue weighted by Gasteiger charge is -2.14. The molecule has 0 aromatic heterocycles. The van der Waals surface area contributed by atoms with E-state index in [9.17, 15) is 9.59 Å². The molecule has 0 saturated heterocycles. The quantitative estimate of drug-likeness (QED) is 0.773. The number of hydrogen-bond acceptors (Lipinski definition) is 3. The lowest BCUT2D eigenvalue weighted by Crippen LogP contribution is -2.44. The Balaban J connectivity index is 2.73. The molecule has 0 saturated carbocycles. The number of rotatable bonds is 6. The van der Waals surface area contributed by atoms with E-state index in [4.69, 9.17) is 0 Å². The van der Waals surface area contributed by atoms with Crippen molar-refractivity contribution >= 4 is 17.4 Å². The van der Waals surface area contributed by atoms with E-state index >= 15 is 0 Å². The maximum atomic E-state index is 12.0. The molecule has 0 fully saturated rings. The number of benzene rings is 1. The van der Waals surface area contributed by atoms with Gasteiger partial charge in [-0.25, -0.2) is 0 Å². The predicted molar refractivity (Wildman–Crippen MR) is 77.3 cm³/mol. The lowest BCUT2D eigenvalue weighted by molar-refractivity contribution is -0.128. The fraction of sp³-hybridized carbons (Fsp3) is 0.467. The van der Waals surface area contributed by atoms with Crippen LogP contribution in [0.2, 0.25) is 0 Å². The van der Waals surface area contributed by atoms with E-state index in [0.717, 1.165) is 0 Å². The van der Waals surface area contributed by atoms with Gasteiger partial charge in [-0.1, -0.05) is 32.9 Å². The Labute approximate surface area is 114 Å². The number of carbonyl (C=O) groups is 2. The van der Waals surface area contributed by atoms with Crippen LogP contribution in [0, 0.1) is 0 Å². The Morgan fingerprint density at radius 1 is 1.16 bits per heavy atom. The van der Waals surface area contributed by atoms with E-state index in [1.807, 2.05) is 24.3 Å². The molecule has 1 amide bonds. The number of hydrogen-bond donors (Lipinski definition) is 2. The van der Waals surface area contributed by atoms with Crippen molar-refractivity contribution in [3.8, 4) is 0 Å². The largest absolute Gasteiger partial charge is 0.324 e. The molecule has 1 unspecified atom stereocenters. The highest BCUT2D eigenvalue weighted by Gasteiger charge is 2.22. The summed E-state index contributed by atoms with van der Waals surface area (Å²) in [5, 5.41) is 5.49. The summed E-state index contributed by atoms with van der Waals surface area (Å²) >= 11 is 0. The van der Waals surface area contributed by atoms with Crippen LogP contribution in [0.4, 0.5) is 5.69 Å². The van der Waals surface area contributed by atoms with Gasteiger partial charge >= 0.3 is 0 Å². The van der Waals surface area contributed by atoms with Gasteiger partial charge in [0.2, 0.25) is 5.91 Å². The van der Waals surface area contributed by atoms with E-state index in [1.165, 1.54) is 5.56 Å². The van der Waals surface area contributed by atoms with Crippen molar-refractivity contribution < 1.29 is 9.59 Å². The monoisotopic (exact) mass is 262 g/mol. The molecule has 0 bridgehead atoms. The van der Waals surface area contributed by atoms with Crippen molar-refractivity contribution in [1.82, 2.24) is 5.32 Å². The first-order valence-electron chi connectivity index (χ1n) is 6.60. The number of amides is 1. The summed E-state index contributed by atoms with van der Waals surface area (Å²) < 4.78 is 0. The van der Waals surface area contributed by atoms with Crippen LogP contribution in [-0.2, 0) is 9.59 Å². The summed E-state index contributed by atoms with van der Waals surface area (Å²) in [5.41, 5.74) is 1.92. The van der Waals surface area contributed by atoms with Crippen LogP contribution >= 0.6 is 0 Å². The standard InChI is InChI=1S/C15H22N2O2/c1-5-13(18)14(16-4)15(19)17-12-8-6-11(7-9-12)10(2)3/h6-10,14,16H,5H2,1-4H3,(H,17,19). The van der Waals surface area contributed by atoms with Gasteiger partial charge in [-0.2, -0.15) is 0 Å². The molecule has 4 nitrogen and oxygen atoms in total. The summed E-state index contributed by atoms with van der Waals surface area (Å²) in [7, 11) is 1.61. The summed E-state index contributed by atoms with van der Waals surface area (Å²) in [4.78, 5) is 23.6. The van der Waals surface area contributed by atoms with Gasteiger partial charge in [0.15, 0.2) is 5.78 Å². The number of ketones is 1. The molecule has 0 heterocycles. The maximum Gasteiger partial charge on any atom is 0.249 e. The highest BCUT2D eigenvalue weighted by Crippen LogP contribution is 2.17. The van der Waals surface area contributed by atoms with Crippen molar-refractivity contribution in [2.75, 3.05) is 12.4 Å². The van der Waals surface area contributed by atoms with Crippen molar-refractivity contribution in [1.29, 1.82) is 0 Å². The molecule has 0 aliphatic rings. The van der Waals surface area contributed by atoms with Crippen LogP contribution < -0.4 is 10.6 Å². The van der Waals surface area contributed by atoms with E-state index in [-0.39, 0.29) is 11.7 Å². The first kappa shape index (κ1) is 15.4. The minimum Gasteiger partial charge on any atom is -0.324 e. The van der Waals surface area contributed by atoms with Gasteiger partial charge in [0.1, 0.15) is 6.04 Å². The Morgan fingerprint density at radius 2 is 1.74 bits per heavy atom. The van der Waals surface area contributed by atoms with Crippen LogP contribution in [0.5, 0.6) is 0 Å². The van der Waals surface area contributed by atoms with E-state index < -0.39 is 6.04 Å². The second-order valence-electron chi connectivity index (χ2n) is 4.81. The minimum absolute atomic E-state index is 0.112. The van der Waals surface area contributed by atoms with Crippen molar-refractivity contribution in [3.05, 3.63) is 29.8 Å². The Hall–Kier alpha value is -1.68. The van der Waals surface area contributed by atoms with Crippen molar-refractivity contribution in [2.24, 2.45) is 0 Å². The van der Waals surface area contributed by atoms with Crippen LogP contribution in [0.15, 0.2) is 24.3 Å². The van der Waals surface area contributed by atoms with Gasteiger partial charge in [0.05, 0.1) is 0 Å². The molecule has 4 heteroatoms. The molecular formula is C15H22N2O2. The first-order valence-corrected chi connectivity index (χ1v) is 6.60. The van der Waals surface area contributed by atoms with E-state index in [2.05, 4.69) is 24.5 Å². The Bertz CT molecular complexity index is 438. The molecule has 1 rings (SSSR count). The van der Waals surface area contributed by atoms with Crippen molar-refractivity contribution in [3.63, 3.8) is 0 Å². The zero-order valence-electron chi connectivity index (χ0n) is 12.0. The van der Waals surface area contributed by atoms with Crippen LogP contribution in [0.25, 0.3) is 0 Å². The van der Waals surface area contributed by atoms with Crippen LogP contribution in [0.3, 0.4) is 0 Å². The average molecular weight is 262 g/mol.